The van der Waals surface area contributed by atoms with Crippen LogP contribution in [0.3, 0.4) is 0 Å². The second kappa shape index (κ2) is 22.6. The fraction of sp³-hybridized carbons (Fsp3) is 0.179. The smallest absolute Gasteiger partial charge is 0.355 e. The van der Waals surface area contributed by atoms with E-state index in [0.29, 0.717) is 27.8 Å². The lowest BCUT2D eigenvalue weighted by Crippen LogP contribution is -2.71. The monoisotopic (exact) mass is 1020 g/mol. The second-order valence-electron chi connectivity index (χ2n) is 16.7. The number of aromatic nitrogens is 1. The third-order valence-corrected chi connectivity index (χ3v) is 14.6. The highest BCUT2D eigenvalue weighted by molar-refractivity contribution is 8.00. The number of methoxy groups -OCH3 is 1. The Labute approximate surface area is 429 Å². The number of anilines is 1. The maximum atomic E-state index is 14.7. The fourth-order valence-electron chi connectivity index (χ4n) is 8.48. The summed E-state index contributed by atoms with van der Waals surface area (Å²) in [6, 6.07) is 54.5. The van der Waals surface area contributed by atoms with Crippen LogP contribution in [-0.2, 0) is 45.6 Å². The molecular weight excluding hydrogens is 970 g/mol. The molecule has 364 valence electrons. The molecule has 72 heavy (non-hydrogen) atoms. The van der Waals surface area contributed by atoms with E-state index in [1.54, 1.807) is 36.8 Å². The first kappa shape index (κ1) is 49.3. The van der Waals surface area contributed by atoms with Gasteiger partial charge in [-0.15, -0.1) is 34.7 Å². The van der Waals surface area contributed by atoms with Gasteiger partial charge in [0.05, 0.1) is 7.11 Å². The average molecular weight is 1020 g/mol. The summed E-state index contributed by atoms with van der Waals surface area (Å²) in [7, 11) is 1.56. The molecule has 2 N–H and O–H groups in total. The number of alkyl halides is 1. The number of β-lactam (4-membered cyclic amide) rings is 1. The van der Waals surface area contributed by atoms with Crippen molar-refractivity contribution in [3.63, 3.8) is 0 Å². The summed E-state index contributed by atoms with van der Waals surface area (Å²) in [5.74, 6) is -1.88. The highest BCUT2D eigenvalue weighted by atomic mass is 35.5. The Morgan fingerprint density at radius 2 is 1.33 bits per heavy atom. The Morgan fingerprint density at radius 3 is 1.86 bits per heavy atom. The van der Waals surface area contributed by atoms with E-state index in [-0.39, 0.29) is 29.6 Å². The molecule has 9 rings (SSSR count). The van der Waals surface area contributed by atoms with Crippen LogP contribution in [0.25, 0.3) is 0 Å². The molecule has 3 atom stereocenters. The zero-order chi connectivity index (χ0) is 50.0. The number of ether oxygens (including phenoxy) is 3. The zero-order valence-electron chi connectivity index (χ0n) is 39.1. The molecule has 0 aliphatic carbocycles. The number of oxime groups is 1. The third kappa shape index (κ3) is 10.5. The van der Waals surface area contributed by atoms with Crippen molar-refractivity contribution < 1.29 is 38.2 Å². The van der Waals surface area contributed by atoms with Crippen LogP contribution in [0.4, 0.5) is 5.13 Å². The first-order valence-electron chi connectivity index (χ1n) is 23.0. The molecule has 0 saturated carbocycles. The predicted molar refractivity (Wildman–Crippen MR) is 278 cm³/mol. The quantitative estimate of drug-likeness (QED) is 0.0199. The maximum Gasteiger partial charge on any atom is 0.355 e. The molecule has 1 aromatic heterocycles. The first-order chi connectivity index (χ1) is 35.2. The van der Waals surface area contributed by atoms with Crippen LogP contribution in [-0.4, -0.2) is 75.6 Å². The number of thioether (sulfide) groups is 1. The van der Waals surface area contributed by atoms with E-state index >= 15 is 0 Å². The van der Waals surface area contributed by atoms with Gasteiger partial charge in [-0.25, -0.2) is 14.6 Å². The molecule has 7 aromatic rings. The molecule has 16 heteroatoms. The number of rotatable bonds is 19. The molecule has 0 radical (unpaired) electrons. The van der Waals surface area contributed by atoms with Crippen molar-refractivity contribution in [3.8, 4) is 5.75 Å². The van der Waals surface area contributed by atoms with Crippen molar-refractivity contribution in [3.05, 3.63) is 232 Å². The second-order valence-corrected chi connectivity index (χ2v) is 18.9. The van der Waals surface area contributed by atoms with E-state index < -0.39 is 52.9 Å². The van der Waals surface area contributed by atoms with Crippen LogP contribution < -0.4 is 15.4 Å². The third-order valence-electron chi connectivity index (χ3n) is 12.2. The first-order valence-corrected chi connectivity index (χ1v) is 25.4. The van der Waals surface area contributed by atoms with Crippen LogP contribution in [0.1, 0.15) is 52.1 Å². The molecule has 13 nitrogen and oxygen atoms in total. The van der Waals surface area contributed by atoms with Gasteiger partial charge >= 0.3 is 11.9 Å². The number of nitrogens with one attached hydrogen (secondary N) is 2. The maximum absolute atomic E-state index is 14.7. The highest BCUT2D eigenvalue weighted by Gasteiger charge is 2.55. The molecule has 2 amide bonds. The number of amides is 2. The summed E-state index contributed by atoms with van der Waals surface area (Å²) in [5.41, 5.74) is 4.39. The topological polar surface area (TPSA) is 158 Å². The van der Waals surface area contributed by atoms with E-state index in [9.17, 15) is 19.2 Å². The number of benzene rings is 6. The van der Waals surface area contributed by atoms with Gasteiger partial charge in [-0.05, 0) is 58.0 Å². The van der Waals surface area contributed by atoms with Crippen molar-refractivity contribution in [2.24, 2.45) is 5.16 Å². The number of carbonyl (C=O) groups is 4. The number of hydrogen-bond acceptors (Lipinski definition) is 13. The van der Waals surface area contributed by atoms with Crippen molar-refractivity contribution in [1.29, 1.82) is 0 Å². The molecule has 1 fully saturated rings. The lowest BCUT2D eigenvalue weighted by molar-refractivity contribution is -0.160. The number of nitrogens with zero attached hydrogens (tertiary/aromatic N) is 3. The number of fused-ring (bicyclic) bond motifs is 1. The van der Waals surface area contributed by atoms with Gasteiger partial charge < -0.3 is 29.7 Å². The Hall–Kier alpha value is -7.72. The van der Waals surface area contributed by atoms with Crippen molar-refractivity contribution in [2.45, 2.75) is 42.7 Å². The zero-order valence-corrected chi connectivity index (χ0v) is 41.4. The van der Waals surface area contributed by atoms with E-state index in [4.69, 9.17) is 35.6 Å². The van der Waals surface area contributed by atoms with Crippen LogP contribution >= 0.6 is 34.7 Å². The molecule has 3 heterocycles. The van der Waals surface area contributed by atoms with Crippen LogP contribution in [0.2, 0.25) is 0 Å². The molecule has 0 bridgehead atoms. The number of esters is 2. The number of thiazole rings is 1. The molecule has 1 saturated heterocycles. The summed E-state index contributed by atoms with van der Waals surface area (Å²) in [5, 5.41) is 12.3. The summed E-state index contributed by atoms with van der Waals surface area (Å²) in [4.78, 5) is 68.5. The summed E-state index contributed by atoms with van der Waals surface area (Å²) >= 11 is 8.91. The number of halogens is 1. The van der Waals surface area contributed by atoms with E-state index in [2.05, 4.69) is 15.8 Å². The predicted octanol–water partition coefficient (Wildman–Crippen LogP) is 9.63. The summed E-state index contributed by atoms with van der Waals surface area (Å²) in [6.45, 7) is 1.42. The minimum atomic E-state index is -1.30. The van der Waals surface area contributed by atoms with Gasteiger partial charge in [0.1, 0.15) is 40.7 Å². The molecule has 2 aliphatic rings. The highest BCUT2D eigenvalue weighted by Crippen LogP contribution is 2.43. The largest absolute Gasteiger partial charge is 0.497 e. The molecular formula is C56H48ClN5O8S2. The fourth-order valence-corrected chi connectivity index (χ4v) is 10.9. The average Bonchev–Trinajstić information content (AvgIpc) is 3.90. The van der Waals surface area contributed by atoms with Crippen LogP contribution in [0.15, 0.2) is 198 Å². The Morgan fingerprint density at radius 1 is 0.792 bits per heavy atom. The van der Waals surface area contributed by atoms with Crippen LogP contribution in [0.5, 0.6) is 5.75 Å². The minimum absolute atomic E-state index is 0.0139. The number of hydrogen-bond donors (Lipinski definition) is 2. The standard InChI is InChI=1S/C56H48ClN5O8S2/c1-36(53(65)69-49(38-18-8-3-9-19-38)39-20-10-4-11-21-39)70-61-46(45-35-72-55(58-45)60-56(41-22-12-5-13-23-41,42-24-14-6-15-25-42)43-26-16-7-17-27-43)50(63)59-47-51(64)62-48(40(32-57)34-71-52(47)62)54(66)68-33-37-28-30-44(67-2)31-29-37/h3-31,35-36,47,49,52H,32-34H2,1-2H3,(H,58,60)(H,59,63)/t36-,47?,52-/m0/s1. The van der Waals surface area contributed by atoms with E-state index in [0.717, 1.165) is 27.8 Å². The van der Waals surface area contributed by atoms with Crippen molar-refractivity contribution in [2.75, 3.05) is 24.1 Å². The molecule has 6 aromatic carbocycles. The van der Waals surface area contributed by atoms with Gasteiger partial charge in [0, 0.05) is 17.0 Å². The molecule has 2 aliphatic heterocycles. The summed E-state index contributed by atoms with van der Waals surface area (Å²) < 4.78 is 17.0. The Kier molecular flexibility index (Phi) is 15.4. The van der Waals surface area contributed by atoms with Gasteiger partial charge in [0.25, 0.3) is 11.8 Å². The van der Waals surface area contributed by atoms with Crippen molar-refractivity contribution in [1.82, 2.24) is 15.2 Å². The van der Waals surface area contributed by atoms with Crippen LogP contribution in [0, 0.1) is 0 Å². The normalized spacial score (nSPS) is 16.0. The van der Waals surface area contributed by atoms with Gasteiger partial charge in [-0.2, -0.15) is 0 Å². The Balaban J connectivity index is 1.01. The van der Waals surface area contributed by atoms with Gasteiger partial charge in [0.2, 0.25) is 6.10 Å². The van der Waals surface area contributed by atoms with Gasteiger partial charge in [-0.1, -0.05) is 169 Å². The molecule has 1 unspecified atom stereocenters. The van der Waals surface area contributed by atoms with E-state index in [1.165, 1.54) is 34.9 Å². The molecule has 0 spiro atoms. The lowest BCUT2D eigenvalue weighted by atomic mass is 9.77. The summed E-state index contributed by atoms with van der Waals surface area (Å²) in [6.07, 6.45) is -2.07. The van der Waals surface area contributed by atoms with Gasteiger partial charge in [0.15, 0.2) is 16.9 Å². The Bertz CT molecular complexity index is 2940. The van der Waals surface area contributed by atoms with E-state index in [1.807, 2.05) is 152 Å². The van der Waals surface area contributed by atoms with Gasteiger partial charge in [-0.3, -0.25) is 14.5 Å². The lowest BCUT2D eigenvalue weighted by Gasteiger charge is -2.49. The number of carbonyl (C=O) groups excluding carboxylic acids is 4. The van der Waals surface area contributed by atoms with Crippen molar-refractivity contribution >= 4 is 69.3 Å². The SMILES string of the molecule is COc1ccc(COC(=O)C2=C(CCl)CS[C@H]3C(NC(=O)C(=NO[C@@H](C)C(=O)OC(c4ccccc4)c4ccccc4)c4csc(NC(c5ccccc5)(c5ccccc5)c5ccccc5)n4)C(=O)N23)cc1. The minimum Gasteiger partial charge on any atom is -0.497 e.